The molecule has 0 aromatic carbocycles. The van der Waals surface area contributed by atoms with Crippen molar-refractivity contribution in [2.45, 2.75) is 57.7 Å². The molecule has 0 bridgehead atoms. The molecule has 192 valence electrons. The summed E-state index contributed by atoms with van der Waals surface area (Å²) >= 11 is 0. The van der Waals surface area contributed by atoms with Crippen molar-refractivity contribution >= 4 is 12.0 Å². The number of pyridine rings is 1. The van der Waals surface area contributed by atoms with Gasteiger partial charge in [-0.25, -0.2) is 14.8 Å². The monoisotopic (exact) mass is 507 g/mol. The molecule has 0 aliphatic carbocycles. The number of halogens is 6. The fraction of sp³-hybridized carbons (Fsp3) is 0.524. The third-order valence-electron chi connectivity index (χ3n) is 5.54. The molecule has 1 aliphatic rings. The number of rotatable bonds is 4. The number of nitrogens with one attached hydrogen (secondary N) is 1. The van der Waals surface area contributed by atoms with Crippen LogP contribution in [0.5, 0.6) is 0 Å². The van der Waals surface area contributed by atoms with Crippen molar-refractivity contribution in [3.05, 3.63) is 51.7 Å². The average Bonchev–Trinajstić information content (AvgIpc) is 2.75. The third kappa shape index (κ3) is 6.22. The molecule has 1 fully saturated rings. The van der Waals surface area contributed by atoms with Crippen molar-refractivity contribution < 1.29 is 35.9 Å². The van der Waals surface area contributed by atoms with Crippen LogP contribution >= 0.6 is 0 Å². The Labute approximate surface area is 195 Å². The Morgan fingerprint density at radius 2 is 1.74 bits per heavy atom. The predicted molar refractivity (Wildman–Crippen MR) is 112 cm³/mol. The number of hydrogen-bond acceptors (Lipinski definition) is 6. The Bertz CT molecular complexity index is 1100. The summed E-state index contributed by atoms with van der Waals surface area (Å²) < 4.78 is 82.5. The summed E-state index contributed by atoms with van der Waals surface area (Å²) in [5.41, 5.74) is -3.42. The van der Waals surface area contributed by atoms with E-state index in [4.69, 9.17) is 4.74 Å². The maximum atomic E-state index is 13.0. The second-order valence-electron chi connectivity index (χ2n) is 8.42. The van der Waals surface area contributed by atoms with Crippen molar-refractivity contribution in [2.24, 2.45) is 0 Å². The fourth-order valence-corrected chi connectivity index (χ4v) is 3.75. The highest BCUT2D eigenvalue weighted by atomic mass is 19.4. The van der Waals surface area contributed by atoms with Crippen LogP contribution in [0.15, 0.2) is 29.5 Å². The second-order valence-corrected chi connectivity index (χ2v) is 8.42. The van der Waals surface area contributed by atoms with Crippen LogP contribution in [0, 0.1) is 0 Å². The van der Waals surface area contributed by atoms with E-state index < -0.39 is 47.3 Å². The second kappa shape index (κ2) is 9.74. The minimum Gasteiger partial charge on any atom is -0.446 e. The van der Waals surface area contributed by atoms with Crippen LogP contribution in [0.2, 0.25) is 0 Å². The van der Waals surface area contributed by atoms with E-state index in [0.717, 1.165) is 12.3 Å². The largest absolute Gasteiger partial charge is 0.446 e. The van der Waals surface area contributed by atoms with E-state index >= 15 is 0 Å². The smallest absolute Gasteiger partial charge is 0.421 e. The topological polar surface area (TPSA) is 91.4 Å². The quantitative estimate of drug-likeness (QED) is 0.632. The van der Waals surface area contributed by atoms with Gasteiger partial charge in [-0.3, -0.25) is 4.79 Å². The van der Waals surface area contributed by atoms with Crippen LogP contribution in [0.3, 0.4) is 0 Å². The molecule has 3 heterocycles. The van der Waals surface area contributed by atoms with Crippen molar-refractivity contribution in [3.63, 3.8) is 0 Å². The van der Waals surface area contributed by atoms with Crippen molar-refractivity contribution in [1.82, 2.24) is 19.9 Å². The molecule has 2 aromatic heterocycles. The van der Waals surface area contributed by atoms with E-state index in [9.17, 15) is 35.9 Å². The SMILES string of the molecule is C[C@@H]1CN(C(=O)O[C@@H](C)Cc2c[nH]c(=O)c(C(F)(F)F)c2)[C@@H](C)CN1c1ncc(C(F)(F)F)cn1. The molecule has 0 unspecified atom stereocenters. The maximum Gasteiger partial charge on any atom is 0.421 e. The molecule has 8 nitrogen and oxygen atoms in total. The first-order valence-electron chi connectivity index (χ1n) is 10.6. The number of hydrogen-bond donors (Lipinski definition) is 1. The number of amides is 1. The zero-order valence-corrected chi connectivity index (χ0v) is 18.9. The van der Waals surface area contributed by atoms with Gasteiger partial charge < -0.3 is 19.5 Å². The van der Waals surface area contributed by atoms with Crippen LogP contribution in [-0.2, 0) is 23.5 Å². The van der Waals surface area contributed by atoms with E-state index in [1.54, 1.807) is 18.7 Å². The first-order valence-corrected chi connectivity index (χ1v) is 10.6. The zero-order chi connectivity index (χ0) is 26.1. The molecule has 1 saturated heterocycles. The van der Waals surface area contributed by atoms with E-state index in [1.165, 1.54) is 11.8 Å². The Balaban J connectivity index is 1.62. The van der Waals surface area contributed by atoms with Gasteiger partial charge in [-0.05, 0) is 32.4 Å². The summed E-state index contributed by atoms with van der Waals surface area (Å²) in [6.45, 7) is 5.36. The zero-order valence-electron chi connectivity index (χ0n) is 18.9. The van der Waals surface area contributed by atoms with Crippen molar-refractivity contribution in [1.29, 1.82) is 0 Å². The number of aromatic amines is 1. The standard InChI is InChI=1S/C21H23F6N5O3/c1-11-10-32(12(2)9-31(11)18-29-7-15(8-30-18)20(22,23)24)19(34)35-13(3)4-14-5-16(21(25,26)27)17(33)28-6-14/h5-8,11-13H,4,9-10H2,1-3H3,(H,28,33)/t11-,12+,13+/m1/s1. The lowest BCUT2D eigenvalue weighted by Gasteiger charge is -2.43. The minimum atomic E-state index is -4.81. The van der Waals surface area contributed by atoms with Crippen molar-refractivity contribution in [3.8, 4) is 0 Å². The van der Waals surface area contributed by atoms with Gasteiger partial charge in [-0.15, -0.1) is 0 Å². The molecule has 1 aliphatic heterocycles. The van der Waals surface area contributed by atoms with Gasteiger partial charge in [-0.1, -0.05) is 0 Å². The Morgan fingerprint density at radius 1 is 1.11 bits per heavy atom. The summed E-state index contributed by atoms with van der Waals surface area (Å²) in [5, 5.41) is 0. The predicted octanol–water partition coefficient (Wildman–Crippen LogP) is 3.87. The number of ether oxygens (including phenoxy) is 1. The third-order valence-corrected chi connectivity index (χ3v) is 5.54. The number of H-pyrrole nitrogens is 1. The van der Waals surface area contributed by atoms with Crippen LogP contribution < -0.4 is 10.5 Å². The Kier molecular flexibility index (Phi) is 7.31. The first-order chi connectivity index (χ1) is 16.2. The highest BCUT2D eigenvalue weighted by Gasteiger charge is 2.37. The van der Waals surface area contributed by atoms with Crippen molar-refractivity contribution in [2.75, 3.05) is 18.0 Å². The number of aromatic nitrogens is 3. The average molecular weight is 507 g/mol. The number of piperazine rings is 1. The van der Waals surface area contributed by atoms with Gasteiger partial charge in [0.25, 0.3) is 5.56 Å². The van der Waals surface area contributed by atoms with Gasteiger partial charge >= 0.3 is 18.4 Å². The summed E-state index contributed by atoms with van der Waals surface area (Å²) in [6.07, 6.45) is -8.39. The number of carbonyl (C=O) groups is 1. The lowest BCUT2D eigenvalue weighted by Crippen LogP contribution is -2.59. The van der Waals surface area contributed by atoms with Crippen LogP contribution in [0.4, 0.5) is 37.1 Å². The molecule has 35 heavy (non-hydrogen) atoms. The number of alkyl halides is 6. The Hall–Kier alpha value is -3.32. The number of nitrogens with zero attached hydrogens (tertiary/aromatic N) is 4. The molecular formula is C21H23F6N5O3. The van der Waals surface area contributed by atoms with Gasteiger partial charge in [-0.2, -0.15) is 26.3 Å². The molecule has 0 saturated carbocycles. The minimum absolute atomic E-state index is 0.0606. The molecular weight excluding hydrogens is 484 g/mol. The number of carbonyl (C=O) groups excluding carboxylic acids is 1. The molecule has 14 heteroatoms. The molecule has 2 aromatic rings. The normalized spacial score (nSPS) is 20.0. The van der Waals surface area contributed by atoms with E-state index in [-0.39, 0.29) is 37.1 Å². The summed E-state index contributed by atoms with van der Waals surface area (Å²) in [7, 11) is 0. The molecule has 3 atom stereocenters. The van der Waals surface area contributed by atoms with Gasteiger partial charge in [0.15, 0.2) is 0 Å². The van der Waals surface area contributed by atoms with Gasteiger partial charge in [0.1, 0.15) is 11.7 Å². The number of anilines is 1. The van der Waals surface area contributed by atoms with Gasteiger partial charge in [0.2, 0.25) is 5.95 Å². The molecule has 0 radical (unpaired) electrons. The molecule has 0 spiro atoms. The Morgan fingerprint density at radius 3 is 2.31 bits per heavy atom. The van der Waals surface area contributed by atoms with Gasteiger partial charge in [0, 0.05) is 50.2 Å². The fourth-order valence-electron chi connectivity index (χ4n) is 3.75. The maximum absolute atomic E-state index is 13.0. The lowest BCUT2D eigenvalue weighted by molar-refractivity contribution is -0.139. The van der Waals surface area contributed by atoms with E-state index in [0.29, 0.717) is 12.4 Å². The highest BCUT2D eigenvalue weighted by molar-refractivity contribution is 5.69. The van der Waals surface area contributed by atoms with Crippen LogP contribution in [-0.4, -0.2) is 57.2 Å². The summed E-state index contributed by atoms with van der Waals surface area (Å²) in [4.78, 5) is 36.9. The first kappa shape index (κ1) is 26.3. The molecule has 1 amide bonds. The van der Waals surface area contributed by atoms with E-state index in [1.807, 2.05) is 4.98 Å². The highest BCUT2D eigenvalue weighted by Crippen LogP contribution is 2.29. The molecule has 3 rings (SSSR count). The van der Waals surface area contributed by atoms with E-state index in [2.05, 4.69) is 9.97 Å². The molecule has 1 N–H and O–H groups in total. The summed E-state index contributed by atoms with van der Waals surface area (Å²) in [6, 6.07) is -0.0440. The van der Waals surface area contributed by atoms with Crippen LogP contribution in [0.25, 0.3) is 0 Å². The van der Waals surface area contributed by atoms with Crippen LogP contribution in [0.1, 0.15) is 37.5 Å². The lowest BCUT2D eigenvalue weighted by atomic mass is 10.1. The van der Waals surface area contributed by atoms with Gasteiger partial charge in [0.05, 0.1) is 5.56 Å². The summed E-state index contributed by atoms with van der Waals surface area (Å²) in [5.74, 6) is 0.0947.